The first-order valence-electron chi connectivity index (χ1n) is 7.99. The number of carbonyl (C=O) groups excluding carboxylic acids is 1. The fourth-order valence-corrected chi connectivity index (χ4v) is 3.58. The van der Waals surface area contributed by atoms with E-state index >= 15 is 0 Å². The van der Waals surface area contributed by atoms with Gasteiger partial charge in [0.2, 0.25) is 5.91 Å². The SMILES string of the molecule is CC(Sc1ccc(Cl)cc1)C(=O)NCC(N1CCNCC1)C(F)(F)F. The van der Waals surface area contributed by atoms with Crippen LogP contribution in [-0.4, -0.2) is 61.0 Å². The van der Waals surface area contributed by atoms with Crippen LogP contribution >= 0.6 is 23.4 Å². The molecule has 1 aliphatic heterocycles. The lowest BCUT2D eigenvalue weighted by Crippen LogP contribution is -2.57. The predicted octanol–water partition coefficient (Wildman–Crippen LogP) is 2.77. The predicted molar refractivity (Wildman–Crippen MR) is 94.1 cm³/mol. The highest BCUT2D eigenvalue weighted by atomic mass is 35.5. The topological polar surface area (TPSA) is 44.4 Å². The molecule has 0 bridgehead atoms. The minimum atomic E-state index is -4.38. The average molecular weight is 396 g/mol. The Kier molecular flexibility index (Phi) is 7.42. The average Bonchev–Trinajstić information content (AvgIpc) is 2.56. The Labute approximate surface area is 154 Å². The van der Waals surface area contributed by atoms with Crippen molar-refractivity contribution >= 4 is 29.3 Å². The molecule has 2 rings (SSSR count). The van der Waals surface area contributed by atoms with E-state index in [1.807, 2.05) is 0 Å². The maximum absolute atomic E-state index is 13.3. The van der Waals surface area contributed by atoms with Crippen molar-refractivity contribution in [2.45, 2.75) is 29.3 Å². The Bertz CT molecular complexity index is 565. The monoisotopic (exact) mass is 395 g/mol. The Morgan fingerprint density at radius 1 is 1.32 bits per heavy atom. The van der Waals surface area contributed by atoms with Crippen LogP contribution in [0.3, 0.4) is 0 Å². The van der Waals surface area contributed by atoms with E-state index in [1.165, 1.54) is 16.7 Å². The van der Waals surface area contributed by atoms with E-state index in [4.69, 9.17) is 11.6 Å². The molecule has 1 aliphatic rings. The van der Waals surface area contributed by atoms with E-state index in [0.717, 1.165) is 4.90 Å². The van der Waals surface area contributed by atoms with Crippen molar-refractivity contribution in [3.63, 3.8) is 0 Å². The number of benzene rings is 1. The number of alkyl halides is 3. The molecule has 1 fully saturated rings. The lowest BCUT2D eigenvalue weighted by molar-refractivity contribution is -0.184. The van der Waals surface area contributed by atoms with Gasteiger partial charge in [0.05, 0.1) is 5.25 Å². The summed E-state index contributed by atoms with van der Waals surface area (Å²) in [5.74, 6) is -0.413. The zero-order valence-electron chi connectivity index (χ0n) is 13.8. The van der Waals surface area contributed by atoms with Crippen LogP contribution in [0, 0.1) is 0 Å². The number of amides is 1. The van der Waals surface area contributed by atoms with Gasteiger partial charge in [-0.3, -0.25) is 9.69 Å². The Hall–Kier alpha value is -0.960. The molecule has 1 aromatic rings. The molecule has 2 N–H and O–H groups in total. The summed E-state index contributed by atoms with van der Waals surface area (Å²) in [6.45, 7) is 2.90. The first-order valence-corrected chi connectivity index (χ1v) is 9.24. The molecule has 140 valence electrons. The van der Waals surface area contributed by atoms with Crippen LogP contribution in [0.1, 0.15) is 6.92 Å². The van der Waals surface area contributed by atoms with Gasteiger partial charge in [-0.15, -0.1) is 11.8 Å². The molecule has 9 heteroatoms. The molecule has 0 spiro atoms. The van der Waals surface area contributed by atoms with E-state index in [0.29, 0.717) is 31.2 Å². The van der Waals surface area contributed by atoms with Crippen molar-refractivity contribution < 1.29 is 18.0 Å². The van der Waals surface area contributed by atoms with Crippen molar-refractivity contribution in [1.82, 2.24) is 15.5 Å². The number of halogens is 4. The second-order valence-electron chi connectivity index (χ2n) is 5.80. The van der Waals surface area contributed by atoms with Gasteiger partial charge in [-0.25, -0.2) is 0 Å². The molecule has 1 amide bonds. The van der Waals surface area contributed by atoms with Crippen molar-refractivity contribution in [2.75, 3.05) is 32.7 Å². The Morgan fingerprint density at radius 3 is 2.48 bits per heavy atom. The Morgan fingerprint density at radius 2 is 1.92 bits per heavy atom. The van der Waals surface area contributed by atoms with Gasteiger partial charge in [0.25, 0.3) is 0 Å². The van der Waals surface area contributed by atoms with Gasteiger partial charge < -0.3 is 10.6 Å². The van der Waals surface area contributed by atoms with Crippen LogP contribution in [0.5, 0.6) is 0 Å². The van der Waals surface area contributed by atoms with E-state index in [1.54, 1.807) is 31.2 Å². The number of rotatable bonds is 6. The molecule has 25 heavy (non-hydrogen) atoms. The lowest BCUT2D eigenvalue weighted by Gasteiger charge is -2.36. The summed E-state index contributed by atoms with van der Waals surface area (Å²) < 4.78 is 39.9. The number of nitrogens with one attached hydrogen (secondary N) is 2. The minimum Gasteiger partial charge on any atom is -0.353 e. The van der Waals surface area contributed by atoms with Gasteiger partial charge in [0.1, 0.15) is 6.04 Å². The Balaban J connectivity index is 1.89. The number of hydrogen-bond acceptors (Lipinski definition) is 4. The summed E-state index contributed by atoms with van der Waals surface area (Å²) in [7, 11) is 0. The molecule has 0 aliphatic carbocycles. The number of piperazine rings is 1. The maximum atomic E-state index is 13.3. The van der Waals surface area contributed by atoms with Gasteiger partial charge in [0.15, 0.2) is 0 Å². The van der Waals surface area contributed by atoms with Gasteiger partial charge >= 0.3 is 6.18 Å². The fourth-order valence-electron chi connectivity index (χ4n) is 2.56. The summed E-state index contributed by atoms with van der Waals surface area (Å²) in [5, 5.41) is 5.56. The normalized spacial score (nSPS) is 18.6. The smallest absolute Gasteiger partial charge is 0.353 e. The highest BCUT2D eigenvalue weighted by Gasteiger charge is 2.43. The first-order chi connectivity index (χ1) is 11.8. The van der Waals surface area contributed by atoms with Crippen molar-refractivity contribution in [2.24, 2.45) is 0 Å². The molecule has 0 radical (unpaired) electrons. The molecule has 0 saturated carbocycles. The quantitative estimate of drug-likeness (QED) is 0.727. The second kappa shape index (κ2) is 9.12. The maximum Gasteiger partial charge on any atom is 0.405 e. The third kappa shape index (κ3) is 6.36. The summed E-state index contributed by atoms with van der Waals surface area (Å²) in [5.41, 5.74) is 0. The van der Waals surface area contributed by atoms with Crippen LogP contribution in [0.25, 0.3) is 0 Å². The van der Waals surface area contributed by atoms with Crippen LogP contribution < -0.4 is 10.6 Å². The molecule has 4 nitrogen and oxygen atoms in total. The number of nitrogens with zero attached hydrogens (tertiary/aromatic N) is 1. The molecule has 1 saturated heterocycles. The number of carbonyl (C=O) groups is 1. The number of hydrogen-bond donors (Lipinski definition) is 2. The van der Waals surface area contributed by atoms with E-state index in [-0.39, 0.29) is 0 Å². The fraction of sp³-hybridized carbons (Fsp3) is 0.562. The summed E-state index contributed by atoms with van der Waals surface area (Å²) in [6.07, 6.45) is -4.38. The highest BCUT2D eigenvalue weighted by molar-refractivity contribution is 8.00. The third-order valence-corrected chi connectivity index (χ3v) is 5.30. The van der Waals surface area contributed by atoms with Gasteiger partial charge in [-0.05, 0) is 31.2 Å². The third-order valence-electron chi connectivity index (χ3n) is 3.94. The molecule has 2 unspecified atom stereocenters. The molecule has 0 aromatic heterocycles. The second-order valence-corrected chi connectivity index (χ2v) is 7.65. The van der Waals surface area contributed by atoms with Gasteiger partial charge in [-0.2, -0.15) is 13.2 Å². The first kappa shape index (κ1) is 20.4. The molecular weight excluding hydrogens is 375 g/mol. The zero-order valence-corrected chi connectivity index (χ0v) is 15.3. The summed E-state index contributed by atoms with van der Waals surface area (Å²) in [6, 6.07) is 5.30. The summed E-state index contributed by atoms with van der Waals surface area (Å²) in [4.78, 5) is 14.4. The van der Waals surface area contributed by atoms with E-state index in [2.05, 4.69) is 10.6 Å². The molecule has 1 heterocycles. The molecular formula is C16H21ClF3N3OS. The number of thioether (sulfide) groups is 1. The highest BCUT2D eigenvalue weighted by Crippen LogP contribution is 2.26. The minimum absolute atomic E-state index is 0.315. The standard InChI is InChI=1S/C16H21ClF3N3OS/c1-11(25-13-4-2-12(17)3-5-13)15(24)22-10-14(16(18,19)20)23-8-6-21-7-9-23/h2-5,11,14,21H,6-10H2,1H3,(H,22,24). The van der Waals surface area contributed by atoms with E-state index < -0.39 is 29.9 Å². The largest absolute Gasteiger partial charge is 0.405 e. The lowest BCUT2D eigenvalue weighted by atomic mass is 10.2. The van der Waals surface area contributed by atoms with Crippen LogP contribution in [0.4, 0.5) is 13.2 Å². The molecule has 2 atom stereocenters. The summed E-state index contributed by atoms with van der Waals surface area (Å²) >= 11 is 7.09. The van der Waals surface area contributed by atoms with Crippen molar-refractivity contribution in [3.05, 3.63) is 29.3 Å². The van der Waals surface area contributed by atoms with Crippen LogP contribution in [-0.2, 0) is 4.79 Å². The van der Waals surface area contributed by atoms with E-state index in [9.17, 15) is 18.0 Å². The van der Waals surface area contributed by atoms with Gasteiger partial charge in [0, 0.05) is 42.6 Å². The van der Waals surface area contributed by atoms with Gasteiger partial charge in [-0.1, -0.05) is 11.6 Å². The van der Waals surface area contributed by atoms with Crippen LogP contribution in [0.15, 0.2) is 29.2 Å². The van der Waals surface area contributed by atoms with Crippen molar-refractivity contribution in [3.8, 4) is 0 Å². The molecule has 1 aromatic carbocycles. The van der Waals surface area contributed by atoms with Crippen LogP contribution in [0.2, 0.25) is 5.02 Å². The zero-order chi connectivity index (χ0) is 18.4. The van der Waals surface area contributed by atoms with Crippen molar-refractivity contribution in [1.29, 1.82) is 0 Å².